The summed E-state index contributed by atoms with van der Waals surface area (Å²) in [6.07, 6.45) is 1.80. The first kappa shape index (κ1) is 12.9. The average Bonchev–Trinajstić information content (AvgIpc) is 3.00. The van der Waals surface area contributed by atoms with Crippen LogP contribution in [0.4, 0.5) is 0 Å². The molecule has 5 heteroatoms. The van der Waals surface area contributed by atoms with Crippen molar-refractivity contribution in [3.05, 3.63) is 30.1 Å². The van der Waals surface area contributed by atoms with Crippen LogP contribution in [0.3, 0.4) is 0 Å². The quantitative estimate of drug-likeness (QED) is 0.891. The Labute approximate surface area is 118 Å². The molecule has 2 atom stereocenters. The van der Waals surface area contributed by atoms with E-state index in [1.165, 1.54) is 0 Å². The topological polar surface area (TPSA) is 45.2 Å². The van der Waals surface area contributed by atoms with Crippen LogP contribution in [0.15, 0.2) is 24.4 Å². The maximum atomic E-state index is 12.1. The lowest BCUT2D eigenvalue weighted by Crippen LogP contribution is -2.33. The predicted molar refractivity (Wildman–Crippen MR) is 76.8 cm³/mol. The third-order valence-electron chi connectivity index (χ3n) is 3.94. The zero-order valence-electron chi connectivity index (χ0n) is 10.9. The molecule has 0 saturated carbocycles. The summed E-state index contributed by atoms with van der Waals surface area (Å²) in [5.41, 5.74) is 1.04. The van der Waals surface area contributed by atoms with Gasteiger partial charge < -0.3 is 10.2 Å². The number of nitrogens with zero attached hydrogens (tertiary/aromatic N) is 2. The molecule has 0 bridgehead atoms. The van der Waals surface area contributed by atoms with Gasteiger partial charge in [0.15, 0.2) is 0 Å². The van der Waals surface area contributed by atoms with Gasteiger partial charge in [-0.15, -0.1) is 11.8 Å². The molecule has 1 N–H and O–H groups in total. The molecular formula is C14H19N3OS. The lowest BCUT2D eigenvalue weighted by Gasteiger charge is -2.17. The molecule has 2 aliphatic rings. The maximum absolute atomic E-state index is 12.1. The zero-order valence-corrected chi connectivity index (χ0v) is 11.7. The number of hydrogen-bond donors (Lipinski definition) is 1. The minimum absolute atomic E-state index is 0.287. The first-order valence-corrected chi connectivity index (χ1v) is 7.94. The van der Waals surface area contributed by atoms with E-state index in [1.54, 1.807) is 18.0 Å². The highest BCUT2D eigenvalue weighted by Gasteiger charge is 2.37. The van der Waals surface area contributed by atoms with Crippen LogP contribution in [-0.4, -0.2) is 47.7 Å². The van der Waals surface area contributed by atoms with E-state index in [4.69, 9.17) is 0 Å². The van der Waals surface area contributed by atoms with Crippen molar-refractivity contribution >= 4 is 17.7 Å². The summed E-state index contributed by atoms with van der Waals surface area (Å²) >= 11 is 1.66. The van der Waals surface area contributed by atoms with Crippen molar-refractivity contribution in [2.45, 2.75) is 5.75 Å². The van der Waals surface area contributed by atoms with Gasteiger partial charge in [0.05, 0.1) is 11.4 Å². The Hall–Kier alpha value is -1.07. The third-order valence-corrected chi connectivity index (χ3v) is 4.89. The Bertz CT molecular complexity index is 428. The van der Waals surface area contributed by atoms with Gasteiger partial charge in [0, 0.05) is 38.1 Å². The molecule has 3 rings (SSSR count). The third kappa shape index (κ3) is 3.09. The highest BCUT2D eigenvalue weighted by molar-refractivity contribution is 7.99. The summed E-state index contributed by atoms with van der Waals surface area (Å²) in [5.74, 6) is 3.04. The van der Waals surface area contributed by atoms with Crippen LogP contribution in [-0.2, 0) is 10.5 Å². The number of rotatable bonds is 4. The monoisotopic (exact) mass is 277 g/mol. The fourth-order valence-electron chi connectivity index (χ4n) is 2.88. The lowest BCUT2D eigenvalue weighted by atomic mass is 10.0. The summed E-state index contributed by atoms with van der Waals surface area (Å²) in [4.78, 5) is 18.4. The van der Waals surface area contributed by atoms with Crippen molar-refractivity contribution in [1.82, 2.24) is 15.2 Å². The number of amides is 1. The van der Waals surface area contributed by atoms with Gasteiger partial charge in [-0.2, -0.15) is 0 Å². The molecule has 0 aliphatic carbocycles. The summed E-state index contributed by atoms with van der Waals surface area (Å²) in [6, 6.07) is 5.90. The molecule has 2 fully saturated rings. The average molecular weight is 277 g/mol. The second-order valence-corrected chi connectivity index (χ2v) is 6.28. The van der Waals surface area contributed by atoms with E-state index in [9.17, 15) is 4.79 Å². The van der Waals surface area contributed by atoms with Crippen molar-refractivity contribution in [2.75, 3.05) is 31.9 Å². The second-order valence-electron chi connectivity index (χ2n) is 5.29. The first-order valence-electron chi connectivity index (χ1n) is 6.79. The van der Waals surface area contributed by atoms with Crippen LogP contribution in [0.1, 0.15) is 5.69 Å². The number of carbonyl (C=O) groups excluding carboxylic acids is 1. The van der Waals surface area contributed by atoms with Crippen molar-refractivity contribution in [3.63, 3.8) is 0 Å². The lowest BCUT2D eigenvalue weighted by molar-refractivity contribution is -0.127. The molecule has 1 amide bonds. The Balaban J connectivity index is 1.42. The number of carbonyl (C=O) groups is 1. The van der Waals surface area contributed by atoms with Crippen molar-refractivity contribution in [1.29, 1.82) is 0 Å². The number of nitrogens with one attached hydrogen (secondary N) is 1. The smallest absolute Gasteiger partial charge is 0.232 e. The van der Waals surface area contributed by atoms with Gasteiger partial charge in [0.2, 0.25) is 5.91 Å². The summed E-state index contributed by atoms with van der Waals surface area (Å²) in [6.45, 7) is 4.05. The highest BCUT2D eigenvalue weighted by Crippen LogP contribution is 2.26. The van der Waals surface area contributed by atoms with E-state index in [1.807, 2.05) is 23.1 Å². The molecule has 0 aromatic carbocycles. The number of pyridine rings is 1. The van der Waals surface area contributed by atoms with E-state index in [2.05, 4.69) is 10.3 Å². The highest BCUT2D eigenvalue weighted by atomic mass is 32.2. The molecule has 0 radical (unpaired) electrons. The molecule has 0 spiro atoms. The predicted octanol–water partition coefficient (Wildman–Crippen LogP) is 0.993. The van der Waals surface area contributed by atoms with Crippen LogP contribution in [0.2, 0.25) is 0 Å². The Morgan fingerprint density at radius 2 is 2.16 bits per heavy atom. The molecule has 102 valence electrons. The van der Waals surface area contributed by atoms with Crippen molar-refractivity contribution in [2.24, 2.45) is 11.8 Å². The Morgan fingerprint density at radius 3 is 2.84 bits per heavy atom. The van der Waals surface area contributed by atoms with Crippen LogP contribution < -0.4 is 5.32 Å². The normalized spacial score (nSPS) is 25.6. The SMILES string of the molecule is O=C(CSCc1ccccn1)N1C[C@H]2CNC[C@H]2C1. The molecule has 19 heavy (non-hydrogen) atoms. The van der Waals surface area contributed by atoms with Gasteiger partial charge in [-0.25, -0.2) is 0 Å². The number of fused-ring (bicyclic) bond motifs is 1. The van der Waals surface area contributed by atoms with Gasteiger partial charge in [0.25, 0.3) is 0 Å². The molecule has 2 aliphatic heterocycles. The molecule has 4 nitrogen and oxygen atoms in total. The van der Waals surface area contributed by atoms with E-state index < -0.39 is 0 Å². The number of likely N-dealkylation sites (tertiary alicyclic amines) is 1. The zero-order chi connectivity index (χ0) is 13.1. The molecule has 0 unspecified atom stereocenters. The second kappa shape index (κ2) is 5.92. The van der Waals surface area contributed by atoms with E-state index in [0.717, 1.165) is 37.6 Å². The van der Waals surface area contributed by atoms with E-state index in [-0.39, 0.29) is 5.91 Å². The Morgan fingerprint density at radius 1 is 1.37 bits per heavy atom. The largest absolute Gasteiger partial charge is 0.341 e. The number of hydrogen-bond acceptors (Lipinski definition) is 4. The number of thioether (sulfide) groups is 1. The summed E-state index contributed by atoms with van der Waals surface area (Å²) in [5, 5.41) is 3.40. The molecule has 2 saturated heterocycles. The fraction of sp³-hybridized carbons (Fsp3) is 0.571. The summed E-state index contributed by atoms with van der Waals surface area (Å²) in [7, 11) is 0. The molecule has 3 heterocycles. The van der Waals surface area contributed by atoms with Crippen molar-refractivity contribution in [3.8, 4) is 0 Å². The minimum Gasteiger partial charge on any atom is -0.341 e. The van der Waals surface area contributed by atoms with E-state index >= 15 is 0 Å². The van der Waals surface area contributed by atoms with Crippen LogP contribution in [0.5, 0.6) is 0 Å². The van der Waals surface area contributed by atoms with Crippen molar-refractivity contribution < 1.29 is 4.79 Å². The van der Waals surface area contributed by atoms with Crippen LogP contribution in [0, 0.1) is 11.8 Å². The van der Waals surface area contributed by atoms with Gasteiger partial charge in [0.1, 0.15) is 0 Å². The van der Waals surface area contributed by atoms with Crippen LogP contribution in [0.25, 0.3) is 0 Å². The minimum atomic E-state index is 0.287. The van der Waals surface area contributed by atoms with Gasteiger partial charge in [-0.1, -0.05) is 6.07 Å². The van der Waals surface area contributed by atoms with Crippen LogP contribution >= 0.6 is 11.8 Å². The van der Waals surface area contributed by atoms with Gasteiger partial charge >= 0.3 is 0 Å². The maximum Gasteiger partial charge on any atom is 0.232 e. The first-order chi connectivity index (χ1) is 9.33. The van der Waals surface area contributed by atoms with E-state index in [0.29, 0.717) is 17.6 Å². The van der Waals surface area contributed by atoms with Gasteiger partial charge in [-0.05, 0) is 24.0 Å². The fourth-order valence-corrected chi connectivity index (χ4v) is 3.72. The molecule has 1 aromatic heterocycles. The summed E-state index contributed by atoms with van der Waals surface area (Å²) < 4.78 is 0. The standard InChI is InChI=1S/C14H19N3OS/c18-14(10-19-9-13-3-1-2-4-16-13)17-7-11-5-15-6-12(11)8-17/h1-4,11-12,15H,5-10H2/t11-,12+. The number of aromatic nitrogens is 1. The van der Waals surface area contributed by atoms with Gasteiger partial charge in [-0.3, -0.25) is 9.78 Å². The molecule has 1 aromatic rings. The Kier molecular flexibility index (Phi) is 4.03. The molecular weight excluding hydrogens is 258 g/mol.